The van der Waals surface area contributed by atoms with Gasteiger partial charge < -0.3 is 30.1 Å². The summed E-state index contributed by atoms with van der Waals surface area (Å²) in [7, 11) is -10.1. The smallest absolute Gasteiger partial charge is 0.744 e. The molecule has 0 atom stereocenters. The van der Waals surface area contributed by atoms with Crippen molar-refractivity contribution in [1.82, 2.24) is 15.0 Å². The van der Waals surface area contributed by atoms with Crippen molar-refractivity contribution in [1.29, 1.82) is 0 Å². The number of phenols is 1. The third kappa shape index (κ3) is 11.1. The Hall–Kier alpha value is -1.22. The maximum absolute atomic E-state index is 12.1. The molecule has 0 bridgehead atoms. The summed E-state index contributed by atoms with van der Waals surface area (Å²) in [4.78, 5) is 10.4. The van der Waals surface area contributed by atoms with Crippen molar-refractivity contribution in [2.45, 2.75) is 14.7 Å². The van der Waals surface area contributed by atoms with Gasteiger partial charge in [0.15, 0.2) is 5.75 Å². The van der Waals surface area contributed by atoms with E-state index in [-0.39, 0.29) is 139 Å². The van der Waals surface area contributed by atoms with Crippen molar-refractivity contribution in [3.8, 4) is 5.75 Å². The minimum atomic E-state index is -5.11. The summed E-state index contributed by atoms with van der Waals surface area (Å²) in [5.74, 6) is -1.14. The number of benzene rings is 4. The van der Waals surface area contributed by atoms with Crippen LogP contribution in [0.15, 0.2) is 91.6 Å². The second-order valence-electron chi connectivity index (χ2n) is 8.92. The molecule has 50 heavy (non-hydrogen) atoms. The number of hydrogen-bond acceptors (Lipinski definition) is 18. The van der Waals surface area contributed by atoms with Crippen LogP contribution in [0.2, 0.25) is 10.3 Å². The Kier molecular flexibility index (Phi) is 17.3. The molecule has 0 aliphatic carbocycles. The summed E-state index contributed by atoms with van der Waals surface area (Å²) in [5.41, 5.74) is -0.728. The van der Waals surface area contributed by atoms with Crippen LogP contribution in [0, 0.1) is 0 Å². The van der Waals surface area contributed by atoms with Crippen LogP contribution in [-0.4, -0.2) is 46.0 Å². The van der Waals surface area contributed by atoms with E-state index < -0.39 is 47.2 Å². The van der Waals surface area contributed by atoms with Crippen molar-refractivity contribution in [3.05, 3.63) is 77.0 Å². The first kappa shape index (κ1) is 44.9. The largest absolute Gasteiger partial charge is 1.00 e. The molecule has 5 aromatic rings. The van der Waals surface area contributed by atoms with Gasteiger partial charge in [-0.25, -0.2) is 16.8 Å². The number of hydrogen-bond donors (Lipinski definition) is 3. The van der Waals surface area contributed by atoms with Crippen LogP contribution in [0.5, 0.6) is 5.75 Å². The minimum absolute atomic E-state index is 0. The number of anilines is 4. The van der Waals surface area contributed by atoms with Crippen LogP contribution < -0.4 is 105 Å². The predicted molar refractivity (Wildman–Crippen MR) is 163 cm³/mol. The molecular formula is C25H14Cl2N7Na3O10S3. The number of aromatic nitrogens is 3. The predicted octanol–water partition coefficient (Wildman–Crippen LogP) is -4.01. The molecule has 0 aliphatic heterocycles. The second kappa shape index (κ2) is 19.2. The van der Waals surface area contributed by atoms with E-state index in [0.29, 0.717) is 10.7 Å². The van der Waals surface area contributed by atoms with Gasteiger partial charge in [0.25, 0.3) is 0 Å². The quantitative estimate of drug-likeness (QED) is 0.0287. The van der Waals surface area contributed by atoms with Crippen molar-refractivity contribution in [2.75, 3.05) is 10.6 Å². The molecule has 3 N–H and O–H groups in total. The van der Waals surface area contributed by atoms with E-state index in [1.165, 1.54) is 12.1 Å². The van der Waals surface area contributed by atoms with Gasteiger partial charge in [0, 0.05) is 5.39 Å². The molecule has 1 aromatic heterocycles. The summed E-state index contributed by atoms with van der Waals surface area (Å²) >= 11 is 12.5. The third-order valence-corrected chi connectivity index (χ3v) is 8.74. The number of halogens is 2. The molecule has 25 heteroatoms. The first-order valence-corrected chi connectivity index (χ1v) is 16.7. The third-order valence-electron chi connectivity index (χ3n) is 5.93. The van der Waals surface area contributed by atoms with Crippen LogP contribution >= 0.6 is 35.2 Å². The van der Waals surface area contributed by atoms with Crippen molar-refractivity contribution >= 4 is 101 Å². The molecule has 0 unspecified atom stereocenters. The van der Waals surface area contributed by atoms with Crippen LogP contribution in [-0.2, 0) is 29.6 Å². The molecule has 0 radical (unpaired) electrons. The van der Waals surface area contributed by atoms with Gasteiger partial charge in [0.05, 0.1) is 43.1 Å². The van der Waals surface area contributed by atoms with Crippen LogP contribution in [0.3, 0.4) is 0 Å². The Morgan fingerprint density at radius 2 is 1.42 bits per heavy atom. The Morgan fingerprint density at radius 1 is 0.800 bits per heavy atom. The molecule has 0 spiro atoms. The molecule has 17 nitrogen and oxygen atoms in total. The average Bonchev–Trinajstić information content (AvgIpc) is 2.99. The fourth-order valence-corrected chi connectivity index (χ4v) is 6.01. The van der Waals surface area contributed by atoms with Gasteiger partial charge in [0.1, 0.15) is 31.6 Å². The van der Waals surface area contributed by atoms with Gasteiger partial charge >= 0.3 is 88.7 Å². The molecule has 0 aliphatic rings. The van der Waals surface area contributed by atoms with Gasteiger partial charge in [-0.15, -0.1) is 10.2 Å². The number of para-hydroxylation sites is 1. The molecular weight excluding hydrogens is 794 g/mol. The monoisotopic (exact) mass is 807 g/mol. The van der Waals surface area contributed by atoms with Gasteiger partial charge in [-0.2, -0.15) is 19.3 Å². The molecule has 0 saturated carbocycles. The number of phenolic OH excluding ortho intramolecular Hbond substituents is 1. The van der Waals surface area contributed by atoms with Crippen LogP contribution in [0.25, 0.3) is 10.8 Å². The van der Waals surface area contributed by atoms with Gasteiger partial charge in [0.2, 0.25) is 17.2 Å². The number of fused-ring (bicyclic) bond motifs is 1. The Morgan fingerprint density at radius 3 is 2.04 bits per heavy atom. The van der Waals surface area contributed by atoms with Crippen molar-refractivity contribution in [3.63, 3.8) is 0 Å². The topological polar surface area (TPSA) is 264 Å². The van der Waals surface area contributed by atoms with Crippen LogP contribution in [0.1, 0.15) is 0 Å². The minimum Gasteiger partial charge on any atom is -0.744 e. The maximum Gasteiger partial charge on any atom is 1.00 e. The molecule has 5 rings (SSSR count). The fraction of sp³-hybridized carbons (Fsp3) is 0. The summed E-state index contributed by atoms with van der Waals surface area (Å²) in [6.45, 7) is 0. The summed E-state index contributed by atoms with van der Waals surface area (Å²) in [6.07, 6.45) is 0. The molecule has 0 fully saturated rings. The zero-order valence-electron chi connectivity index (χ0n) is 25.7. The first-order valence-electron chi connectivity index (χ1n) is 12.3. The van der Waals surface area contributed by atoms with E-state index in [1.54, 1.807) is 24.3 Å². The van der Waals surface area contributed by atoms with Gasteiger partial charge in [-0.1, -0.05) is 35.9 Å². The zero-order valence-corrected chi connectivity index (χ0v) is 35.7. The van der Waals surface area contributed by atoms with Crippen molar-refractivity contribution < 1.29 is 134 Å². The number of aromatic hydroxyl groups is 1. The first-order chi connectivity index (χ1) is 22.2. The van der Waals surface area contributed by atoms with E-state index in [1.807, 2.05) is 0 Å². The van der Waals surface area contributed by atoms with Crippen LogP contribution in [0.4, 0.5) is 34.6 Å². The molecule has 0 amide bonds. The van der Waals surface area contributed by atoms with E-state index in [9.17, 15) is 36.3 Å². The van der Waals surface area contributed by atoms with Gasteiger partial charge in [-0.3, -0.25) is 5.04 Å². The zero-order chi connectivity index (χ0) is 33.9. The maximum atomic E-state index is 12.1. The summed E-state index contributed by atoms with van der Waals surface area (Å²) in [6, 6.07) is 14.3. The number of azo groups is 1. The van der Waals surface area contributed by atoms with E-state index >= 15 is 0 Å². The molecule has 244 valence electrons. The van der Waals surface area contributed by atoms with E-state index in [2.05, 4.69) is 45.2 Å². The Balaban J connectivity index is 0.00000289. The molecule has 0 saturated heterocycles. The second-order valence-corrected chi connectivity index (χ2v) is 13.1. The number of nitrogens with zero attached hydrogens (tertiary/aromatic N) is 5. The Bertz CT molecular complexity index is 2280. The summed E-state index contributed by atoms with van der Waals surface area (Å²) < 4.78 is 75.7. The number of rotatable bonds is 11. The average molecular weight is 809 g/mol. The fourth-order valence-electron chi connectivity index (χ4n) is 4.03. The standard InChI is InChI=1S/C25H17Cl2N7O10S3.3Na/c26-14-5-1-2-6-15(14)28-24-30-23(27)31-25(32-24)29-17-11-13(46(37,38)39)9-12-10-18(45-44-43-36)21(22(35)20(12)17)34-33-16-7-3-4-8-19(16)47(40,41)42;;;/h1-11,35-36H,(H,37,38,39)(H,40,41,42)(H2,28,29,30,31,32);;;/q;3*+1/p-3. The molecule has 4 aromatic carbocycles. The number of nitrogens with one attached hydrogen (secondary N) is 2. The molecule has 1 heterocycles. The normalized spacial score (nSPS) is 11.4. The van der Waals surface area contributed by atoms with Crippen molar-refractivity contribution in [2.24, 2.45) is 10.2 Å². The SMILES string of the molecule is O=S(=O)([O-])c1cc(Nc2nc(Cl)nc(Nc3ccccc3Cl)n2)c2c(O)c(N=Nc3ccccc3S(=O)(=O)[O-])c(SOO[O-])cc2c1.[Na+].[Na+].[Na+]. The Labute approximate surface area is 364 Å². The van der Waals surface area contributed by atoms with E-state index in [4.69, 9.17) is 23.2 Å². The van der Waals surface area contributed by atoms with E-state index in [0.717, 1.165) is 30.3 Å². The summed E-state index contributed by atoms with van der Waals surface area (Å²) in [5, 5.41) is 38.3. The van der Waals surface area contributed by atoms with Gasteiger partial charge in [-0.05, 0) is 59.5 Å².